The van der Waals surface area contributed by atoms with Gasteiger partial charge in [0, 0.05) is 18.0 Å². The Morgan fingerprint density at radius 2 is 2.44 bits per heavy atom. The minimum absolute atomic E-state index is 0.0844. The van der Waals surface area contributed by atoms with E-state index in [9.17, 15) is 4.79 Å². The van der Waals surface area contributed by atoms with Crippen LogP contribution in [0.25, 0.3) is 0 Å². The minimum atomic E-state index is -0.307. The third-order valence-corrected chi connectivity index (χ3v) is 3.03. The van der Waals surface area contributed by atoms with Crippen LogP contribution in [0, 0.1) is 0 Å². The smallest absolute Gasteiger partial charge is 0.261 e. The molecule has 16 heavy (non-hydrogen) atoms. The van der Waals surface area contributed by atoms with Gasteiger partial charge in [-0.1, -0.05) is 0 Å². The first-order valence-corrected chi connectivity index (χ1v) is 6.10. The molecule has 1 unspecified atom stereocenters. The van der Waals surface area contributed by atoms with Gasteiger partial charge >= 0.3 is 0 Å². The van der Waals surface area contributed by atoms with Gasteiger partial charge < -0.3 is 15.2 Å². The van der Waals surface area contributed by atoms with Crippen molar-refractivity contribution in [1.82, 2.24) is 5.32 Å². The number of carbonyl (C=O) groups excluding carboxylic acids is 1. The second kappa shape index (κ2) is 6.50. The standard InChI is InChI=1S/C11H17NO3S/c1-8(13)4-3-5-12-11(14)10-6-9(15-2)7-16-10/h6-8,13H,3-5H2,1-2H3,(H,12,14). The van der Waals surface area contributed by atoms with Crippen LogP contribution in [0.4, 0.5) is 0 Å². The maximum atomic E-state index is 11.6. The van der Waals surface area contributed by atoms with Crippen LogP contribution in [0.15, 0.2) is 11.4 Å². The van der Waals surface area contributed by atoms with Crippen LogP contribution in [-0.4, -0.2) is 30.8 Å². The van der Waals surface area contributed by atoms with Crippen LogP contribution < -0.4 is 10.1 Å². The van der Waals surface area contributed by atoms with Crippen molar-refractivity contribution in [3.8, 4) is 5.75 Å². The predicted octanol–water partition coefficient (Wildman–Crippen LogP) is 1.65. The van der Waals surface area contributed by atoms with Gasteiger partial charge in [-0.15, -0.1) is 11.3 Å². The molecule has 1 amide bonds. The Morgan fingerprint density at radius 3 is 3.00 bits per heavy atom. The summed E-state index contributed by atoms with van der Waals surface area (Å²) in [7, 11) is 1.58. The highest BCUT2D eigenvalue weighted by Crippen LogP contribution is 2.20. The molecule has 5 heteroatoms. The van der Waals surface area contributed by atoms with Gasteiger partial charge in [0.05, 0.1) is 18.1 Å². The average Bonchev–Trinajstić information content (AvgIpc) is 2.72. The van der Waals surface area contributed by atoms with Crippen molar-refractivity contribution in [3.63, 3.8) is 0 Å². The molecule has 0 aliphatic carbocycles. The van der Waals surface area contributed by atoms with E-state index in [1.165, 1.54) is 11.3 Å². The highest BCUT2D eigenvalue weighted by atomic mass is 32.1. The molecule has 0 bridgehead atoms. The molecule has 1 aromatic rings. The van der Waals surface area contributed by atoms with E-state index in [0.717, 1.165) is 6.42 Å². The molecule has 0 saturated heterocycles. The van der Waals surface area contributed by atoms with Crippen molar-refractivity contribution >= 4 is 17.2 Å². The molecule has 0 fully saturated rings. The molecular weight excluding hydrogens is 226 g/mol. The fourth-order valence-electron chi connectivity index (χ4n) is 1.23. The normalized spacial score (nSPS) is 12.2. The summed E-state index contributed by atoms with van der Waals surface area (Å²) in [6, 6.07) is 1.72. The van der Waals surface area contributed by atoms with Crippen LogP contribution in [0.3, 0.4) is 0 Å². The number of hydrogen-bond donors (Lipinski definition) is 2. The van der Waals surface area contributed by atoms with Gasteiger partial charge in [-0.2, -0.15) is 0 Å². The SMILES string of the molecule is COc1csc(C(=O)NCCCC(C)O)c1. The van der Waals surface area contributed by atoms with Gasteiger partial charge in [0.25, 0.3) is 5.91 Å². The number of nitrogens with one attached hydrogen (secondary N) is 1. The Labute approximate surface area is 99.2 Å². The minimum Gasteiger partial charge on any atom is -0.496 e. The van der Waals surface area contributed by atoms with E-state index in [0.29, 0.717) is 23.6 Å². The van der Waals surface area contributed by atoms with Gasteiger partial charge in [-0.05, 0) is 19.8 Å². The van der Waals surface area contributed by atoms with Crippen molar-refractivity contribution in [2.24, 2.45) is 0 Å². The summed E-state index contributed by atoms with van der Waals surface area (Å²) in [6.07, 6.45) is 1.18. The predicted molar refractivity (Wildman–Crippen MR) is 64.1 cm³/mol. The molecule has 1 rings (SSSR count). The van der Waals surface area contributed by atoms with Gasteiger partial charge in [-0.3, -0.25) is 4.79 Å². The lowest BCUT2D eigenvalue weighted by Crippen LogP contribution is -2.24. The maximum absolute atomic E-state index is 11.6. The van der Waals surface area contributed by atoms with Crippen LogP contribution in [0.2, 0.25) is 0 Å². The molecule has 0 saturated carbocycles. The zero-order valence-electron chi connectivity index (χ0n) is 9.53. The quantitative estimate of drug-likeness (QED) is 0.747. The molecule has 1 atom stereocenters. The molecule has 1 heterocycles. The molecule has 2 N–H and O–H groups in total. The Bertz CT molecular complexity index is 336. The third-order valence-electron chi connectivity index (χ3n) is 2.12. The fraction of sp³-hybridized carbons (Fsp3) is 0.545. The van der Waals surface area contributed by atoms with E-state index in [1.54, 1.807) is 25.5 Å². The highest BCUT2D eigenvalue weighted by molar-refractivity contribution is 7.12. The monoisotopic (exact) mass is 243 g/mol. The van der Waals surface area contributed by atoms with E-state index in [4.69, 9.17) is 9.84 Å². The second-order valence-corrected chi connectivity index (χ2v) is 4.51. The van der Waals surface area contributed by atoms with E-state index in [-0.39, 0.29) is 12.0 Å². The molecular formula is C11H17NO3S. The first kappa shape index (κ1) is 13.0. The summed E-state index contributed by atoms with van der Waals surface area (Å²) in [5.74, 6) is 0.623. The van der Waals surface area contributed by atoms with Crippen molar-refractivity contribution in [3.05, 3.63) is 16.3 Å². The average molecular weight is 243 g/mol. The van der Waals surface area contributed by atoms with Gasteiger partial charge in [0.2, 0.25) is 0 Å². The van der Waals surface area contributed by atoms with E-state index >= 15 is 0 Å². The van der Waals surface area contributed by atoms with E-state index in [1.807, 2.05) is 0 Å². The first-order valence-electron chi connectivity index (χ1n) is 5.22. The zero-order valence-corrected chi connectivity index (χ0v) is 10.3. The number of aliphatic hydroxyl groups is 1. The van der Waals surface area contributed by atoms with Gasteiger partial charge in [-0.25, -0.2) is 0 Å². The summed E-state index contributed by atoms with van der Waals surface area (Å²) >= 11 is 1.36. The third kappa shape index (κ3) is 4.20. The fourth-order valence-corrected chi connectivity index (χ4v) is 2.00. The van der Waals surface area contributed by atoms with Crippen LogP contribution >= 0.6 is 11.3 Å². The van der Waals surface area contributed by atoms with Gasteiger partial charge in [0.1, 0.15) is 5.75 Å². The molecule has 0 aromatic carbocycles. The lowest BCUT2D eigenvalue weighted by molar-refractivity contribution is 0.0953. The number of ether oxygens (including phenoxy) is 1. The molecule has 1 aromatic heterocycles. The lowest BCUT2D eigenvalue weighted by atomic mass is 10.2. The molecule has 0 radical (unpaired) electrons. The molecule has 4 nitrogen and oxygen atoms in total. The highest BCUT2D eigenvalue weighted by Gasteiger charge is 2.08. The maximum Gasteiger partial charge on any atom is 0.261 e. The summed E-state index contributed by atoms with van der Waals surface area (Å²) < 4.78 is 5.00. The zero-order chi connectivity index (χ0) is 12.0. The van der Waals surface area contributed by atoms with Crippen molar-refractivity contribution < 1.29 is 14.6 Å². The van der Waals surface area contributed by atoms with Crippen LogP contribution in [0.5, 0.6) is 5.75 Å². The number of carbonyl (C=O) groups is 1. The molecule has 0 aliphatic rings. The topological polar surface area (TPSA) is 58.6 Å². The largest absolute Gasteiger partial charge is 0.496 e. The summed E-state index contributed by atoms with van der Waals surface area (Å²) in [6.45, 7) is 2.33. The molecule has 90 valence electrons. The van der Waals surface area contributed by atoms with Gasteiger partial charge in [0.15, 0.2) is 0 Å². The Kier molecular flexibility index (Phi) is 5.28. The number of amides is 1. The summed E-state index contributed by atoms with van der Waals surface area (Å²) in [5, 5.41) is 13.6. The first-order chi connectivity index (χ1) is 7.63. The number of aliphatic hydroxyl groups excluding tert-OH is 1. The molecule has 0 spiro atoms. The number of rotatable bonds is 6. The van der Waals surface area contributed by atoms with Crippen LogP contribution in [-0.2, 0) is 0 Å². The Morgan fingerprint density at radius 1 is 1.69 bits per heavy atom. The molecule has 0 aliphatic heterocycles. The lowest BCUT2D eigenvalue weighted by Gasteiger charge is -2.05. The number of methoxy groups -OCH3 is 1. The Hall–Kier alpha value is -1.07. The van der Waals surface area contributed by atoms with Crippen molar-refractivity contribution in [2.45, 2.75) is 25.9 Å². The second-order valence-electron chi connectivity index (χ2n) is 3.60. The summed E-state index contributed by atoms with van der Waals surface area (Å²) in [5.41, 5.74) is 0. The number of thiophene rings is 1. The number of hydrogen-bond acceptors (Lipinski definition) is 4. The van der Waals surface area contributed by atoms with Crippen molar-refractivity contribution in [1.29, 1.82) is 0 Å². The van der Waals surface area contributed by atoms with E-state index < -0.39 is 0 Å². The Balaban J connectivity index is 2.29. The van der Waals surface area contributed by atoms with Crippen molar-refractivity contribution in [2.75, 3.05) is 13.7 Å². The van der Waals surface area contributed by atoms with E-state index in [2.05, 4.69) is 5.32 Å². The van der Waals surface area contributed by atoms with Crippen LogP contribution in [0.1, 0.15) is 29.4 Å². The summed E-state index contributed by atoms with van der Waals surface area (Å²) in [4.78, 5) is 12.2.